The van der Waals surface area contributed by atoms with E-state index in [1.165, 1.54) is 167 Å². The van der Waals surface area contributed by atoms with Crippen LogP contribution in [0.5, 0.6) is 0 Å². The largest absolute Gasteiger partial charge is 0.465 e. The minimum Gasteiger partial charge on any atom is -0.465 e. The van der Waals surface area contributed by atoms with Crippen LogP contribution in [-0.2, 0) is 19.1 Å². The third-order valence-electron chi connectivity index (χ3n) is 13.7. The van der Waals surface area contributed by atoms with Crippen molar-refractivity contribution in [1.82, 2.24) is 10.2 Å². The molecule has 0 bridgehead atoms. The summed E-state index contributed by atoms with van der Waals surface area (Å²) in [6.07, 6.45) is 46.3. The molecule has 0 aliphatic carbocycles. The van der Waals surface area contributed by atoms with Gasteiger partial charge < -0.3 is 24.8 Å². The van der Waals surface area contributed by atoms with E-state index in [2.05, 4.69) is 37.9 Å². The van der Waals surface area contributed by atoms with Gasteiger partial charge in [0.25, 0.3) is 0 Å². The smallest absolute Gasteiger partial charge is 0.308 e. The highest BCUT2D eigenvalue weighted by molar-refractivity contribution is 5.72. The Morgan fingerprint density at radius 1 is 0.452 bits per heavy atom. The number of rotatable bonds is 47. The Balaban J connectivity index is 2.46. The number of aliphatic hydroxyl groups excluding tert-OH is 1. The Morgan fingerprint density at radius 3 is 1.16 bits per heavy atom. The van der Waals surface area contributed by atoms with Crippen molar-refractivity contribution in [3.05, 3.63) is 0 Å². The minimum absolute atomic E-state index is 0.0705. The van der Waals surface area contributed by atoms with Gasteiger partial charge in [0.2, 0.25) is 0 Å². The summed E-state index contributed by atoms with van der Waals surface area (Å²) in [4.78, 5) is 28.9. The van der Waals surface area contributed by atoms with Crippen LogP contribution in [0.3, 0.4) is 0 Å². The Kier molecular flexibility index (Phi) is 42.7. The van der Waals surface area contributed by atoms with Gasteiger partial charge in [-0.15, -0.1) is 0 Å². The van der Waals surface area contributed by atoms with Crippen molar-refractivity contribution in [2.45, 2.75) is 290 Å². The van der Waals surface area contributed by atoms with Gasteiger partial charge in [0, 0.05) is 31.8 Å². The molecule has 1 aliphatic heterocycles. The number of aliphatic hydroxyl groups is 1. The highest BCUT2D eigenvalue weighted by atomic mass is 16.5. The van der Waals surface area contributed by atoms with Crippen molar-refractivity contribution in [3.8, 4) is 0 Å². The van der Waals surface area contributed by atoms with Gasteiger partial charge in [-0.05, 0) is 70.8 Å². The van der Waals surface area contributed by atoms with Crippen LogP contribution >= 0.6 is 0 Å². The van der Waals surface area contributed by atoms with Crippen LogP contribution in [0, 0.1) is 11.8 Å². The fraction of sp³-hybridized carbons (Fsp3) is 0.964. The molecule has 2 N–H and O–H groups in total. The molecule has 2 unspecified atom stereocenters. The maximum Gasteiger partial charge on any atom is 0.308 e. The normalized spacial score (nSPS) is 15.9. The van der Waals surface area contributed by atoms with E-state index in [9.17, 15) is 9.59 Å². The number of ether oxygens (including phenoxy) is 2. The van der Waals surface area contributed by atoms with Gasteiger partial charge in [-0.2, -0.15) is 0 Å². The van der Waals surface area contributed by atoms with Gasteiger partial charge >= 0.3 is 11.9 Å². The molecule has 368 valence electrons. The Labute approximate surface area is 386 Å². The van der Waals surface area contributed by atoms with E-state index in [4.69, 9.17) is 14.6 Å². The lowest BCUT2D eigenvalue weighted by Gasteiger charge is -2.39. The number of carbonyl (C=O) groups is 2. The summed E-state index contributed by atoms with van der Waals surface area (Å²) in [6.45, 7) is 14.0. The number of piperazine rings is 1. The fourth-order valence-electron chi connectivity index (χ4n) is 9.66. The zero-order valence-electron chi connectivity index (χ0n) is 42.2. The third kappa shape index (κ3) is 35.1. The van der Waals surface area contributed by atoms with Crippen LogP contribution in [0.4, 0.5) is 0 Å². The van der Waals surface area contributed by atoms with Crippen molar-refractivity contribution in [2.24, 2.45) is 11.8 Å². The molecule has 7 nitrogen and oxygen atoms in total. The predicted molar refractivity (Wildman–Crippen MR) is 266 cm³/mol. The van der Waals surface area contributed by atoms with Crippen LogP contribution in [0.25, 0.3) is 0 Å². The number of unbranched alkanes of at least 4 members (excludes halogenated alkanes) is 26. The molecule has 1 heterocycles. The van der Waals surface area contributed by atoms with Gasteiger partial charge in [0.1, 0.15) is 0 Å². The number of nitrogens with zero attached hydrogens (tertiary/aromatic N) is 1. The molecule has 7 heteroatoms. The highest BCUT2D eigenvalue weighted by Gasteiger charge is 2.26. The third-order valence-corrected chi connectivity index (χ3v) is 13.7. The molecule has 0 amide bonds. The molecular formula is C55H108N2O5. The van der Waals surface area contributed by atoms with E-state index in [1.807, 2.05) is 0 Å². The number of carbonyl (C=O) groups excluding carboxylic acids is 2. The van der Waals surface area contributed by atoms with Crippen LogP contribution in [0.1, 0.15) is 278 Å². The second kappa shape index (κ2) is 45.0. The summed E-state index contributed by atoms with van der Waals surface area (Å²) >= 11 is 0. The number of nitrogens with one attached hydrogen (secondary N) is 1. The summed E-state index contributed by atoms with van der Waals surface area (Å²) in [5.74, 6) is 0.333. The summed E-state index contributed by atoms with van der Waals surface area (Å²) in [7, 11) is 0. The Morgan fingerprint density at radius 2 is 0.774 bits per heavy atom. The SMILES string of the molecule is CCCCCCCC(CCCCCCC)C(=O)OCCCCCCC1CN(CCCCCCCO)CC(CCCCCCOC(=O)C(CCCCCCC)CCCCCCC)N1. The molecule has 62 heavy (non-hydrogen) atoms. The molecule has 1 rings (SSSR count). The van der Waals surface area contributed by atoms with E-state index < -0.39 is 0 Å². The second-order valence-electron chi connectivity index (χ2n) is 19.8. The lowest BCUT2D eigenvalue weighted by Crippen LogP contribution is -2.56. The van der Waals surface area contributed by atoms with Crippen molar-refractivity contribution in [2.75, 3.05) is 39.5 Å². The first-order chi connectivity index (χ1) is 30.5. The lowest BCUT2D eigenvalue weighted by molar-refractivity contribution is -0.150. The zero-order chi connectivity index (χ0) is 45.0. The number of hydrogen-bond donors (Lipinski definition) is 2. The standard InChI is InChI=1S/C55H108N2O5/c1-5-9-13-18-28-38-50(39-29-19-14-10-6-2)54(59)61-46-36-26-22-32-42-52-48-57(44-34-24-17-25-35-45-58)49-53(56-52)43-33-23-27-37-47-62-55(60)51(40-30-20-15-11-7-3)41-31-21-16-12-8-4/h50-53,56,58H,5-49H2,1-4H3. The van der Waals surface area contributed by atoms with Crippen LogP contribution in [-0.4, -0.2) is 73.5 Å². The Bertz CT molecular complexity index is 870. The van der Waals surface area contributed by atoms with Gasteiger partial charge in [0.05, 0.1) is 25.0 Å². The number of esters is 2. The first kappa shape index (κ1) is 58.8. The summed E-state index contributed by atoms with van der Waals surface area (Å²) in [6, 6.07) is 1.09. The van der Waals surface area contributed by atoms with E-state index in [-0.39, 0.29) is 23.8 Å². The summed E-state index contributed by atoms with van der Waals surface area (Å²) in [5.41, 5.74) is 0. The minimum atomic E-state index is 0.0705. The van der Waals surface area contributed by atoms with Crippen molar-refractivity contribution in [3.63, 3.8) is 0 Å². The summed E-state index contributed by atoms with van der Waals surface area (Å²) < 4.78 is 11.8. The fourth-order valence-corrected chi connectivity index (χ4v) is 9.66. The monoisotopic (exact) mass is 877 g/mol. The average molecular weight is 877 g/mol. The maximum atomic E-state index is 13.1. The molecule has 0 radical (unpaired) electrons. The number of hydrogen-bond acceptors (Lipinski definition) is 7. The molecule has 0 aromatic carbocycles. The van der Waals surface area contributed by atoms with Crippen molar-refractivity contribution in [1.29, 1.82) is 0 Å². The molecular weight excluding hydrogens is 769 g/mol. The zero-order valence-corrected chi connectivity index (χ0v) is 42.2. The average Bonchev–Trinajstić information content (AvgIpc) is 3.27. The maximum absolute atomic E-state index is 13.1. The Hall–Kier alpha value is -1.18. The predicted octanol–water partition coefficient (Wildman–Crippen LogP) is 15.2. The molecule has 1 aliphatic rings. The molecule has 2 atom stereocenters. The quantitative estimate of drug-likeness (QED) is 0.0465. The van der Waals surface area contributed by atoms with Gasteiger partial charge in [0.15, 0.2) is 0 Å². The van der Waals surface area contributed by atoms with E-state index in [1.54, 1.807) is 0 Å². The first-order valence-electron chi connectivity index (χ1n) is 27.9. The molecule has 0 saturated carbocycles. The lowest BCUT2D eigenvalue weighted by atomic mass is 9.94. The van der Waals surface area contributed by atoms with E-state index in [0.29, 0.717) is 31.9 Å². The molecule has 0 spiro atoms. The van der Waals surface area contributed by atoms with Gasteiger partial charge in [-0.3, -0.25) is 9.59 Å². The second-order valence-corrected chi connectivity index (χ2v) is 19.8. The van der Waals surface area contributed by atoms with Gasteiger partial charge in [-0.25, -0.2) is 0 Å². The van der Waals surface area contributed by atoms with Crippen molar-refractivity contribution >= 4 is 11.9 Å². The van der Waals surface area contributed by atoms with E-state index in [0.717, 1.165) is 103 Å². The van der Waals surface area contributed by atoms with Crippen molar-refractivity contribution < 1.29 is 24.2 Å². The van der Waals surface area contributed by atoms with E-state index >= 15 is 0 Å². The van der Waals surface area contributed by atoms with Crippen LogP contribution in [0.15, 0.2) is 0 Å². The topological polar surface area (TPSA) is 88.1 Å². The van der Waals surface area contributed by atoms with Crippen LogP contribution in [0.2, 0.25) is 0 Å². The molecule has 0 aromatic heterocycles. The summed E-state index contributed by atoms with van der Waals surface area (Å²) in [5, 5.41) is 13.2. The molecule has 1 saturated heterocycles. The first-order valence-corrected chi connectivity index (χ1v) is 27.9. The highest BCUT2D eigenvalue weighted by Crippen LogP contribution is 2.23. The van der Waals surface area contributed by atoms with Gasteiger partial charge in [-0.1, -0.05) is 214 Å². The molecule has 0 aromatic rings. The molecule has 1 fully saturated rings. The van der Waals surface area contributed by atoms with Crippen LogP contribution < -0.4 is 5.32 Å².